The van der Waals surface area contributed by atoms with Crippen LogP contribution >= 0.6 is 0 Å². The van der Waals surface area contributed by atoms with Crippen LogP contribution in [0.25, 0.3) is 0 Å². The monoisotopic (exact) mass is 293 g/mol. The number of hydrogen-bond donors (Lipinski definition) is 2. The third-order valence-corrected chi connectivity index (χ3v) is 4.18. The van der Waals surface area contributed by atoms with Gasteiger partial charge in [0.1, 0.15) is 0 Å². The van der Waals surface area contributed by atoms with Gasteiger partial charge in [-0.05, 0) is 39.8 Å². The van der Waals surface area contributed by atoms with Gasteiger partial charge in [-0.25, -0.2) is 0 Å². The van der Waals surface area contributed by atoms with Crippen molar-refractivity contribution in [2.75, 3.05) is 31.5 Å². The van der Waals surface area contributed by atoms with Crippen LogP contribution in [0.1, 0.15) is 31.2 Å². The van der Waals surface area contributed by atoms with Crippen LogP contribution in [0.15, 0.2) is 0 Å². The molecule has 0 spiro atoms. The molecule has 1 aromatic rings. The van der Waals surface area contributed by atoms with Crippen LogP contribution in [0.5, 0.6) is 0 Å². The van der Waals surface area contributed by atoms with Crippen LogP contribution in [0.2, 0.25) is 0 Å². The maximum atomic E-state index is 12.4. The third-order valence-electron chi connectivity index (χ3n) is 4.18. The van der Waals surface area contributed by atoms with Gasteiger partial charge in [0.05, 0.1) is 23.6 Å². The zero-order chi connectivity index (χ0) is 15.4. The van der Waals surface area contributed by atoms with E-state index in [0.717, 1.165) is 49.6 Å². The summed E-state index contributed by atoms with van der Waals surface area (Å²) >= 11 is 0. The molecule has 2 rings (SSSR count). The van der Waals surface area contributed by atoms with Gasteiger partial charge in [0.15, 0.2) is 0 Å². The topological polar surface area (TPSA) is 62.2 Å². The second-order valence-corrected chi connectivity index (χ2v) is 5.83. The highest BCUT2D eigenvalue weighted by atomic mass is 16.2. The van der Waals surface area contributed by atoms with Gasteiger partial charge < -0.3 is 10.6 Å². The number of aryl methyl sites for hydroxylation is 2. The Bertz CT molecular complexity index is 490. The van der Waals surface area contributed by atoms with Crippen LogP contribution < -0.4 is 10.6 Å². The molecule has 0 saturated carbocycles. The van der Waals surface area contributed by atoms with Gasteiger partial charge in [0.2, 0.25) is 5.91 Å². The molecule has 0 radical (unpaired) electrons. The van der Waals surface area contributed by atoms with E-state index >= 15 is 0 Å². The number of anilines is 1. The van der Waals surface area contributed by atoms with Gasteiger partial charge in [-0.3, -0.25) is 14.4 Å². The number of rotatable bonds is 6. The van der Waals surface area contributed by atoms with E-state index in [1.54, 1.807) is 4.68 Å². The molecule has 21 heavy (non-hydrogen) atoms. The SMILES string of the molecule is CCCN(CC(=O)Nc1c(C)nn(C)c1C)C1CCNC1. The highest BCUT2D eigenvalue weighted by Crippen LogP contribution is 2.18. The average molecular weight is 293 g/mol. The molecule has 1 atom stereocenters. The first-order chi connectivity index (χ1) is 10.0. The van der Waals surface area contributed by atoms with E-state index in [1.165, 1.54) is 0 Å². The second kappa shape index (κ2) is 7.04. The Labute approximate surface area is 126 Å². The average Bonchev–Trinajstić information content (AvgIpc) is 3.04. The fourth-order valence-electron chi connectivity index (χ4n) is 2.95. The van der Waals surface area contributed by atoms with Crippen molar-refractivity contribution in [1.82, 2.24) is 20.0 Å². The summed E-state index contributed by atoms with van der Waals surface area (Å²) in [5.74, 6) is 0.0505. The smallest absolute Gasteiger partial charge is 0.238 e. The molecule has 0 bridgehead atoms. The second-order valence-electron chi connectivity index (χ2n) is 5.83. The molecule has 1 aliphatic heterocycles. The molecule has 6 heteroatoms. The van der Waals surface area contributed by atoms with E-state index < -0.39 is 0 Å². The number of amides is 1. The normalized spacial score (nSPS) is 18.4. The molecule has 1 saturated heterocycles. The predicted molar refractivity (Wildman–Crippen MR) is 84.5 cm³/mol. The van der Waals surface area contributed by atoms with Crippen molar-refractivity contribution in [2.45, 2.75) is 39.7 Å². The Morgan fingerprint density at radius 3 is 2.81 bits per heavy atom. The Kier molecular flexibility index (Phi) is 5.36. The minimum absolute atomic E-state index is 0.0505. The minimum atomic E-state index is 0.0505. The van der Waals surface area contributed by atoms with Crippen LogP contribution in [-0.4, -0.2) is 52.8 Å². The van der Waals surface area contributed by atoms with E-state index in [1.807, 2.05) is 20.9 Å². The molecule has 1 aliphatic rings. The van der Waals surface area contributed by atoms with Crippen molar-refractivity contribution in [3.8, 4) is 0 Å². The summed E-state index contributed by atoms with van der Waals surface area (Å²) in [6, 6.07) is 0.479. The fraction of sp³-hybridized carbons (Fsp3) is 0.733. The quantitative estimate of drug-likeness (QED) is 0.823. The maximum Gasteiger partial charge on any atom is 0.238 e. The van der Waals surface area contributed by atoms with Crippen molar-refractivity contribution in [3.05, 3.63) is 11.4 Å². The first-order valence-electron chi connectivity index (χ1n) is 7.77. The van der Waals surface area contributed by atoms with Crippen LogP contribution in [0.4, 0.5) is 5.69 Å². The van der Waals surface area contributed by atoms with Gasteiger partial charge in [-0.15, -0.1) is 0 Å². The molecule has 2 heterocycles. The largest absolute Gasteiger partial charge is 0.322 e. The number of aromatic nitrogens is 2. The standard InChI is InChI=1S/C15H27N5O/c1-5-8-20(13-6-7-16-9-13)10-14(21)17-15-11(2)18-19(4)12(15)3/h13,16H,5-10H2,1-4H3,(H,17,21). The highest BCUT2D eigenvalue weighted by molar-refractivity contribution is 5.93. The Balaban J connectivity index is 1.98. The number of carbonyl (C=O) groups is 1. The summed E-state index contributed by atoms with van der Waals surface area (Å²) in [5, 5.41) is 10.7. The Hall–Kier alpha value is -1.40. The van der Waals surface area contributed by atoms with Crippen molar-refractivity contribution in [1.29, 1.82) is 0 Å². The molecule has 118 valence electrons. The first-order valence-corrected chi connectivity index (χ1v) is 7.77. The molecule has 1 unspecified atom stereocenters. The zero-order valence-corrected chi connectivity index (χ0v) is 13.6. The summed E-state index contributed by atoms with van der Waals surface area (Å²) in [7, 11) is 1.89. The zero-order valence-electron chi connectivity index (χ0n) is 13.6. The number of hydrogen-bond acceptors (Lipinski definition) is 4. The van der Waals surface area contributed by atoms with E-state index in [0.29, 0.717) is 12.6 Å². The van der Waals surface area contributed by atoms with E-state index in [2.05, 4.69) is 27.6 Å². The van der Waals surface area contributed by atoms with Gasteiger partial charge in [0.25, 0.3) is 0 Å². The minimum Gasteiger partial charge on any atom is -0.322 e. The summed E-state index contributed by atoms with van der Waals surface area (Å²) in [6.07, 6.45) is 2.19. The van der Waals surface area contributed by atoms with E-state index in [9.17, 15) is 4.79 Å². The molecule has 1 fully saturated rings. The molecule has 6 nitrogen and oxygen atoms in total. The summed E-state index contributed by atoms with van der Waals surface area (Å²) in [6.45, 7) is 9.50. The van der Waals surface area contributed by atoms with Gasteiger partial charge in [0, 0.05) is 19.6 Å². The summed E-state index contributed by atoms with van der Waals surface area (Å²) in [4.78, 5) is 14.6. The molecular formula is C15H27N5O. The van der Waals surface area contributed by atoms with Crippen molar-refractivity contribution in [2.24, 2.45) is 7.05 Å². The van der Waals surface area contributed by atoms with Crippen molar-refractivity contribution in [3.63, 3.8) is 0 Å². The summed E-state index contributed by atoms with van der Waals surface area (Å²) < 4.78 is 1.80. The lowest BCUT2D eigenvalue weighted by atomic mass is 10.2. The Morgan fingerprint density at radius 2 is 2.29 bits per heavy atom. The van der Waals surface area contributed by atoms with Crippen LogP contribution in [0.3, 0.4) is 0 Å². The molecule has 1 aromatic heterocycles. The molecule has 2 N–H and O–H groups in total. The van der Waals surface area contributed by atoms with Crippen LogP contribution in [0, 0.1) is 13.8 Å². The van der Waals surface area contributed by atoms with Gasteiger partial charge in [-0.2, -0.15) is 5.10 Å². The van der Waals surface area contributed by atoms with Gasteiger partial charge in [-0.1, -0.05) is 6.92 Å². The number of nitrogens with one attached hydrogen (secondary N) is 2. The number of nitrogens with zero attached hydrogens (tertiary/aromatic N) is 3. The van der Waals surface area contributed by atoms with E-state index in [4.69, 9.17) is 0 Å². The van der Waals surface area contributed by atoms with E-state index in [-0.39, 0.29) is 5.91 Å². The molecular weight excluding hydrogens is 266 g/mol. The lowest BCUT2D eigenvalue weighted by Crippen LogP contribution is -2.42. The van der Waals surface area contributed by atoms with Crippen LogP contribution in [-0.2, 0) is 11.8 Å². The van der Waals surface area contributed by atoms with Crippen molar-refractivity contribution >= 4 is 11.6 Å². The summed E-state index contributed by atoms with van der Waals surface area (Å²) in [5.41, 5.74) is 2.71. The fourth-order valence-corrected chi connectivity index (χ4v) is 2.95. The first kappa shape index (κ1) is 16.0. The highest BCUT2D eigenvalue weighted by Gasteiger charge is 2.24. The lowest BCUT2D eigenvalue weighted by Gasteiger charge is -2.27. The lowest BCUT2D eigenvalue weighted by molar-refractivity contribution is -0.117. The third kappa shape index (κ3) is 3.83. The van der Waals surface area contributed by atoms with Crippen molar-refractivity contribution < 1.29 is 4.79 Å². The molecule has 0 aromatic carbocycles. The predicted octanol–water partition coefficient (Wildman–Crippen LogP) is 1.05. The molecule has 1 amide bonds. The number of carbonyl (C=O) groups excluding carboxylic acids is 1. The molecule has 0 aliphatic carbocycles. The maximum absolute atomic E-state index is 12.4. The van der Waals surface area contributed by atoms with Gasteiger partial charge >= 0.3 is 0 Å². The Morgan fingerprint density at radius 1 is 1.52 bits per heavy atom.